The van der Waals surface area contributed by atoms with Crippen LogP contribution in [0.15, 0.2) is 35.2 Å². The molecule has 0 saturated heterocycles. The fraction of sp³-hybridized carbons (Fsp3) is 0.643. The summed E-state index contributed by atoms with van der Waals surface area (Å²) in [6, 6.07) is 9.72. The van der Waals surface area contributed by atoms with E-state index in [0.29, 0.717) is 17.4 Å². The molecule has 2 rings (SSSR count). The minimum atomic E-state index is -4.52. The maximum absolute atomic E-state index is 12.2. The van der Waals surface area contributed by atoms with Crippen LogP contribution < -0.4 is 51.4 Å². The first-order valence-electron chi connectivity index (χ1n) is 13.0. The van der Waals surface area contributed by atoms with Gasteiger partial charge >= 0.3 is 51.4 Å². The third-order valence-electron chi connectivity index (χ3n) is 6.53. The predicted molar refractivity (Wildman–Crippen MR) is 135 cm³/mol. The van der Waals surface area contributed by atoms with Crippen LogP contribution in [0.5, 0.6) is 0 Å². The molecule has 0 aliphatic heterocycles. The van der Waals surface area contributed by atoms with E-state index in [1.807, 2.05) is 24.3 Å². The van der Waals surface area contributed by atoms with Crippen LogP contribution in [0.3, 0.4) is 0 Å². The third kappa shape index (κ3) is 11.2. The normalized spacial score (nSPS) is 11.6. The average Bonchev–Trinajstić information content (AvgIpc) is 2.76. The average molecular weight is 499 g/mol. The van der Waals surface area contributed by atoms with Gasteiger partial charge < -0.3 is 4.55 Å². The minimum Gasteiger partial charge on any atom is -0.744 e. The summed E-state index contributed by atoms with van der Waals surface area (Å²) in [6.07, 6.45) is 18.6. The van der Waals surface area contributed by atoms with Crippen LogP contribution in [0.4, 0.5) is 0 Å². The van der Waals surface area contributed by atoms with Crippen LogP contribution in [0.1, 0.15) is 115 Å². The molecule has 0 unspecified atom stereocenters. The number of unbranched alkanes of at least 4 members (excludes halogenated alkanes) is 12. The molecule has 2 aromatic rings. The molecule has 0 aromatic heterocycles. The van der Waals surface area contributed by atoms with Gasteiger partial charge in [0.15, 0.2) is 0 Å². The third-order valence-corrected chi connectivity index (χ3v) is 7.52. The molecule has 180 valence electrons. The second-order valence-corrected chi connectivity index (χ2v) is 10.6. The van der Waals surface area contributed by atoms with Gasteiger partial charge in [0.25, 0.3) is 0 Å². The minimum absolute atomic E-state index is 0. The molecule has 0 fully saturated rings. The monoisotopic (exact) mass is 498 g/mol. The van der Waals surface area contributed by atoms with E-state index in [2.05, 4.69) is 19.9 Å². The molecule has 0 aliphatic rings. The van der Waals surface area contributed by atoms with Crippen molar-refractivity contribution < 1.29 is 64.4 Å². The van der Waals surface area contributed by atoms with Crippen LogP contribution in [-0.4, -0.2) is 13.0 Å². The van der Waals surface area contributed by atoms with Gasteiger partial charge in [-0.05, 0) is 47.6 Å². The van der Waals surface area contributed by atoms with Crippen molar-refractivity contribution in [2.45, 2.75) is 121 Å². The number of aryl methyl sites for hydroxylation is 2. The second-order valence-electron chi connectivity index (χ2n) is 9.26. The smallest absolute Gasteiger partial charge is 0.744 e. The van der Waals surface area contributed by atoms with Crippen LogP contribution in [0.25, 0.3) is 10.8 Å². The SMILES string of the molecule is CCCCCCCCCc1ccc2c(CCCCCCCCC)cccc2c1S(=O)(=O)[O-].[K+]. The van der Waals surface area contributed by atoms with Crippen LogP contribution in [0.2, 0.25) is 0 Å². The zero-order valence-corrected chi connectivity index (χ0v) is 25.3. The largest absolute Gasteiger partial charge is 1.00 e. The molecule has 0 N–H and O–H groups in total. The summed E-state index contributed by atoms with van der Waals surface area (Å²) in [7, 11) is -4.52. The number of fused-ring (bicyclic) bond motifs is 1. The zero-order valence-electron chi connectivity index (χ0n) is 21.3. The number of hydrogen-bond donors (Lipinski definition) is 0. The zero-order chi connectivity index (χ0) is 23.2. The second kappa shape index (κ2) is 17.6. The van der Waals surface area contributed by atoms with Crippen LogP contribution in [0, 0.1) is 0 Å². The first-order chi connectivity index (χ1) is 15.5. The van der Waals surface area contributed by atoms with Crippen molar-refractivity contribution in [2.24, 2.45) is 0 Å². The summed E-state index contributed by atoms with van der Waals surface area (Å²) in [5.41, 5.74) is 1.84. The van der Waals surface area contributed by atoms with E-state index in [4.69, 9.17) is 0 Å². The predicted octanol–water partition coefficient (Wildman–Crippen LogP) is 5.33. The summed E-state index contributed by atoms with van der Waals surface area (Å²) < 4.78 is 36.6. The van der Waals surface area contributed by atoms with E-state index in [1.54, 1.807) is 0 Å². The van der Waals surface area contributed by atoms with Crippen LogP contribution in [-0.2, 0) is 23.0 Å². The molecule has 5 heteroatoms. The number of rotatable bonds is 17. The van der Waals surface area contributed by atoms with Crippen molar-refractivity contribution >= 4 is 20.9 Å². The summed E-state index contributed by atoms with van der Waals surface area (Å²) in [4.78, 5) is 0.0161. The molecule has 0 atom stereocenters. The Hall–Kier alpha value is 0.246. The Balaban J connectivity index is 0.00000544. The number of benzene rings is 2. The van der Waals surface area contributed by atoms with Crippen molar-refractivity contribution in [2.75, 3.05) is 0 Å². The molecular weight excluding hydrogens is 455 g/mol. The molecule has 0 spiro atoms. The summed E-state index contributed by atoms with van der Waals surface area (Å²) in [5.74, 6) is 0. The Bertz CT molecular complexity index is 909. The first kappa shape index (κ1) is 31.3. The van der Waals surface area contributed by atoms with Gasteiger partial charge in [-0.25, -0.2) is 8.42 Å². The van der Waals surface area contributed by atoms with E-state index in [-0.39, 0.29) is 56.3 Å². The van der Waals surface area contributed by atoms with Gasteiger partial charge in [-0.15, -0.1) is 0 Å². The van der Waals surface area contributed by atoms with E-state index in [9.17, 15) is 13.0 Å². The van der Waals surface area contributed by atoms with Gasteiger partial charge in [0.05, 0.1) is 4.90 Å². The molecule has 0 aliphatic carbocycles. The van der Waals surface area contributed by atoms with Crippen molar-refractivity contribution in [1.82, 2.24) is 0 Å². The van der Waals surface area contributed by atoms with E-state index in [1.165, 1.54) is 70.6 Å². The Morgan fingerprint density at radius 2 is 1.09 bits per heavy atom. The van der Waals surface area contributed by atoms with Gasteiger partial charge in [-0.1, -0.05) is 121 Å². The molecule has 0 bridgehead atoms. The molecule has 2 aromatic carbocycles. The van der Waals surface area contributed by atoms with Gasteiger partial charge in [-0.3, -0.25) is 0 Å². The standard InChI is InChI=1S/C28H44O3S.K/c1-3-5-7-9-11-13-15-18-24-20-17-21-27-26(24)23-22-25(28(27)32(29,30)31)19-16-14-12-10-8-6-4-2;/h17,20-23H,3-16,18-19H2,1-2H3,(H,29,30,31);/q;+1/p-1. The molecule has 0 amide bonds. The topological polar surface area (TPSA) is 57.2 Å². The van der Waals surface area contributed by atoms with E-state index in [0.717, 1.165) is 36.6 Å². The first-order valence-corrected chi connectivity index (χ1v) is 14.4. The number of hydrogen-bond acceptors (Lipinski definition) is 3. The van der Waals surface area contributed by atoms with Gasteiger partial charge in [0, 0.05) is 0 Å². The molecule has 0 heterocycles. The van der Waals surface area contributed by atoms with Gasteiger partial charge in [0.2, 0.25) is 0 Å². The molecule has 3 nitrogen and oxygen atoms in total. The molecule has 0 saturated carbocycles. The van der Waals surface area contributed by atoms with Gasteiger partial charge in [0.1, 0.15) is 10.1 Å². The van der Waals surface area contributed by atoms with Crippen molar-refractivity contribution in [3.05, 3.63) is 41.5 Å². The maximum atomic E-state index is 12.2. The summed E-state index contributed by atoms with van der Waals surface area (Å²) in [5, 5.41) is 1.54. The summed E-state index contributed by atoms with van der Waals surface area (Å²) in [6.45, 7) is 4.45. The Labute approximate surface area is 245 Å². The van der Waals surface area contributed by atoms with Crippen molar-refractivity contribution in [3.63, 3.8) is 0 Å². The fourth-order valence-electron chi connectivity index (χ4n) is 4.70. The van der Waals surface area contributed by atoms with E-state index >= 15 is 0 Å². The van der Waals surface area contributed by atoms with Gasteiger partial charge in [-0.2, -0.15) is 0 Å². The van der Waals surface area contributed by atoms with Crippen molar-refractivity contribution in [3.8, 4) is 0 Å². The maximum Gasteiger partial charge on any atom is 1.00 e. The van der Waals surface area contributed by atoms with Crippen molar-refractivity contribution in [1.29, 1.82) is 0 Å². The molecule has 0 radical (unpaired) electrons. The fourth-order valence-corrected chi connectivity index (χ4v) is 5.63. The Morgan fingerprint density at radius 3 is 1.61 bits per heavy atom. The van der Waals surface area contributed by atoms with E-state index < -0.39 is 10.1 Å². The molecular formula is C28H43KO3S. The summed E-state index contributed by atoms with van der Waals surface area (Å²) >= 11 is 0. The van der Waals surface area contributed by atoms with Crippen LogP contribution >= 0.6 is 0 Å². The quantitative estimate of drug-likeness (QED) is 0.168. The Kier molecular flexibility index (Phi) is 16.7. The Morgan fingerprint density at radius 1 is 0.606 bits per heavy atom. The molecule has 33 heavy (non-hydrogen) atoms.